The second-order valence-corrected chi connectivity index (χ2v) is 6.35. The second kappa shape index (κ2) is 6.36. The van der Waals surface area contributed by atoms with E-state index in [2.05, 4.69) is 15.0 Å². The highest BCUT2D eigenvalue weighted by Gasteiger charge is 2.36. The van der Waals surface area contributed by atoms with Crippen LogP contribution in [0.2, 0.25) is 0 Å². The zero-order valence-electron chi connectivity index (χ0n) is 14.7. The fraction of sp³-hybridized carbons (Fsp3) is 0.0526. The number of aromatic nitrogens is 3. The highest BCUT2D eigenvalue weighted by atomic mass is 19.4. The van der Waals surface area contributed by atoms with Gasteiger partial charge in [0, 0.05) is 34.5 Å². The van der Waals surface area contributed by atoms with Gasteiger partial charge >= 0.3 is 6.18 Å². The van der Waals surface area contributed by atoms with E-state index in [1.54, 1.807) is 6.07 Å². The molecule has 0 bridgehead atoms. The predicted octanol–water partition coefficient (Wildman–Crippen LogP) is 4.20. The fourth-order valence-corrected chi connectivity index (χ4v) is 3.14. The molecule has 0 saturated heterocycles. The summed E-state index contributed by atoms with van der Waals surface area (Å²) in [6.07, 6.45) is -2.88. The van der Waals surface area contributed by atoms with Gasteiger partial charge in [-0.25, -0.2) is 14.4 Å². The number of nitrogen functional groups attached to an aromatic ring is 3. The molecule has 0 radical (unpaired) electrons. The summed E-state index contributed by atoms with van der Waals surface area (Å²) >= 11 is 0. The average molecular weight is 402 g/mol. The van der Waals surface area contributed by atoms with Crippen LogP contribution < -0.4 is 17.2 Å². The fourth-order valence-electron chi connectivity index (χ4n) is 3.14. The van der Waals surface area contributed by atoms with Crippen molar-refractivity contribution >= 4 is 28.0 Å². The monoisotopic (exact) mass is 402 g/mol. The van der Waals surface area contributed by atoms with Crippen molar-refractivity contribution < 1.29 is 17.6 Å². The van der Waals surface area contributed by atoms with Gasteiger partial charge in [-0.05, 0) is 24.3 Å². The van der Waals surface area contributed by atoms with Crippen molar-refractivity contribution in [1.29, 1.82) is 0 Å². The van der Waals surface area contributed by atoms with Gasteiger partial charge in [0.25, 0.3) is 0 Å². The minimum absolute atomic E-state index is 0.0174. The predicted molar refractivity (Wildman–Crippen MR) is 103 cm³/mol. The minimum Gasteiger partial charge on any atom is -0.398 e. The van der Waals surface area contributed by atoms with E-state index in [1.165, 1.54) is 24.4 Å². The Bertz CT molecular complexity index is 1250. The standard InChI is InChI=1S/C19H14F4N6/c20-10-2-1-3-13-14(10)8(6-27-13)17-9(19(21,22)23)7-28-18(29-17)15-11(24)4-5-12(25)16(15)26/h1-7,27H,24-26H2. The Morgan fingerprint density at radius 2 is 1.69 bits per heavy atom. The van der Waals surface area contributed by atoms with E-state index in [4.69, 9.17) is 17.2 Å². The van der Waals surface area contributed by atoms with Crippen LogP contribution in [0.3, 0.4) is 0 Å². The maximum Gasteiger partial charge on any atom is 0.419 e. The summed E-state index contributed by atoms with van der Waals surface area (Å²) in [5.41, 5.74) is 16.8. The van der Waals surface area contributed by atoms with Crippen LogP contribution in [-0.4, -0.2) is 15.0 Å². The number of halogens is 4. The Morgan fingerprint density at radius 1 is 0.966 bits per heavy atom. The lowest BCUT2D eigenvalue weighted by Crippen LogP contribution is -2.11. The first kappa shape index (κ1) is 18.5. The summed E-state index contributed by atoms with van der Waals surface area (Å²) in [4.78, 5) is 10.6. The lowest BCUT2D eigenvalue weighted by atomic mass is 10.0. The molecule has 0 aliphatic rings. The molecule has 0 saturated carbocycles. The first-order valence-electron chi connectivity index (χ1n) is 8.32. The molecule has 6 nitrogen and oxygen atoms in total. The number of anilines is 3. The van der Waals surface area contributed by atoms with Gasteiger partial charge in [-0.1, -0.05) is 6.07 Å². The number of aromatic amines is 1. The molecule has 0 atom stereocenters. The number of rotatable bonds is 2. The van der Waals surface area contributed by atoms with Crippen LogP contribution in [-0.2, 0) is 6.18 Å². The molecular formula is C19H14F4N6. The number of hydrogen-bond donors (Lipinski definition) is 4. The topological polar surface area (TPSA) is 120 Å². The van der Waals surface area contributed by atoms with E-state index in [-0.39, 0.29) is 39.4 Å². The number of fused-ring (bicyclic) bond motifs is 1. The highest BCUT2D eigenvalue weighted by molar-refractivity contribution is 5.96. The Balaban J connectivity index is 2.05. The van der Waals surface area contributed by atoms with E-state index < -0.39 is 23.3 Å². The number of nitrogens with zero attached hydrogens (tertiary/aromatic N) is 2. The largest absolute Gasteiger partial charge is 0.419 e. The number of nitrogens with one attached hydrogen (secondary N) is 1. The first-order valence-corrected chi connectivity index (χ1v) is 8.32. The van der Waals surface area contributed by atoms with Gasteiger partial charge in [0.1, 0.15) is 11.4 Å². The van der Waals surface area contributed by atoms with Crippen LogP contribution in [0, 0.1) is 5.82 Å². The smallest absolute Gasteiger partial charge is 0.398 e. The summed E-state index contributed by atoms with van der Waals surface area (Å²) in [7, 11) is 0. The molecule has 0 unspecified atom stereocenters. The Morgan fingerprint density at radius 3 is 2.41 bits per heavy atom. The van der Waals surface area contributed by atoms with Gasteiger partial charge in [-0.2, -0.15) is 13.2 Å². The van der Waals surface area contributed by atoms with Crippen molar-refractivity contribution in [2.75, 3.05) is 17.2 Å². The SMILES string of the molecule is Nc1ccc(N)c(-c2ncc(C(F)(F)F)c(-c3c[nH]c4cccc(F)c34)n2)c1N. The van der Waals surface area contributed by atoms with Crippen molar-refractivity contribution in [1.82, 2.24) is 15.0 Å². The number of alkyl halides is 3. The molecule has 0 fully saturated rings. The van der Waals surface area contributed by atoms with Crippen LogP contribution in [0.5, 0.6) is 0 Å². The molecule has 4 aromatic rings. The Labute approximate surface area is 161 Å². The summed E-state index contributed by atoms with van der Waals surface area (Å²) in [6.45, 7) is 0. The summed E-state index contributed by atoms with van der Waals surface area (Å²) < 4.78 is 55.3. The second-order valence-electron chi connectivity index (χ2n) is 6.35. The highest BCUT2D eigenvalue weighted by Crippen LogP contribution is 2.41. The van der Waals surface area contributed by atoms with Gasteiger partial charge in [-0.15, -0.1) is 0 Å². The molecule has 10 heteroatoms. The number of nitrogens with two attached hydrogens (primary N) is 3. The molecule has 0 aliphatic carbocycles. The van der Waals surface area contributed by atoms with Crippen LogP contribution in [0.1, 0.15) is 5.56 Å². The van der Waals surface area contributed by atoms with Crippen LogP contribution in [0.4, 0.5) is 34.6 Å². The lowest BCUT2D eigenvalue weighted by Gasteiger charge is -2.15. The van der Waals surface area contributed by atoms with Gasteiger partial charge in [0.05, 0.1) is 22.6 Å². The number of benzene rings is 2. The van der Waals surface area contributed by atoms with Gasteiger partial charge in [0.15, 0.2) is 5.82 Å². The van der Waals surface area contributed by atoms with Crippen LogP contribution in [0.25, 0.3) is 33.5 Å². The van der Waals surface area contributed by atoms with Crippen molar-refractivity contribution in [3.8, 4) is 22.6 Å². The van der Waals surface area contributed by atoms with E-state index in [9.17, 15) is 17.6 Å². The summed E-state index contributed by atoms with van der Waals surface area (Å²) in [5, 5.41) is -0.0174. The Hall–Kier alpha value is -3.82. The normalized spacial score (nSPS) is 11.9. The van der Waals surface area contributed by atoms with E-state index in [0.717, 1.165) is 6.07 Å². The lowest BCUT2D eigenvalue weighted by molar-refractivity contribution is -0.137. The molecule has 2 aromatic heterocycles. The van der Waals surface area contributed by atoms with Crippen LogP contribution in [0.15, 0.2) is 42.7 Å². The van der Waals surface area contributed by atoms with E-state index in [0.29, 0.717) is 11.7 Å². The van der Waals surface area contributed by atoms with Crippen molar-refractivity contribution in [3.63, 3.8) is 0 Å². The third kappa shape index (κ3) is 2.98. The Kier molecular flexibility index (Phi) is 4.07. The summed E-state index contributed by atoms with van der Waals surface area (Å²) in [6, 6.07) is 7.07. The van der Waals surface area contributed by atoms with E-state index in [1.807, 2.05) is 0 Å². The molecular weight excluding hydrogens is 388 g/mol. The van der Waals surface area contributed by atoms with Gasteiger partial charge in [0.2, 0.25) is 0 Å². The average Bonchev–Trinajstić information content (AvgIpc) is 3.10. The molecule has 29 heavy (non-hydrogen) atoms. The van der Waals surface area contributed by atoms with Crippen molar-refractivity contribution in [2.24, 2.45) is 0 Å². The molecule has 0 aliphatic heterocycles. The minimum atomic E-state index is -4.77. The molecule has 148 valence electrons. The van der Waals surface area contributed by atoms with Gasteiger partial charge in [-0.3, -0.25) is 0 Å². The van der Waals surface area contributed by atoms with Crippen molar-refractivity contribution in [2.45, 2.75) is 6.18 Å². The molecule has 2 aromatic carbocycles. The molecule has 0 spiro atoms. The van der Waals surface area contributed by atoms with E-state index >= 15 is 0 Å². The summed E-state index contributed by atoms with van der Waals surface area (Å²) in [5.74, 6) is -0.837. The van der Waals surface area contributed by atoms with Crippen LogP contribution >= 0.6 is 0 Å². The molecule has 7 N–H and O–H groups in total. The quantitative estimate of drug-likeness (QED) is 0.296. The maximum atomic E-state index is 14.4. The zero-order chi connectivity index (χ0) is 20.9. The zero-order valence-corrected chi connectivity index (χ0v) is 14.7. The third-order valence-electron chi connectivity index (χ3n) is 4.54. The first-order chi connectivity index (χ1) is 13.7. The molecule has 0 amide bonds. The number of hydrogen-bond acceptors (Lipinski definition) is 5. The van der Waals surface area contributed by atoms with Crippen molar-refractivity contribution in [3.05, 3.63) is 54.1 Å². The molecule has 2 heterocycles. The maximum absolute atomic E-state index is 14.4. The molecule has 4 rings (SSSR count). The number of H-pyrrole nitrogens is 1. The third-order valence-corrected chi connectivity index (χ3v) is 4.54. The van der Waals surface area contributed by atoms with Gasteiger partial charge < -0.3 is 22.2 Å².